The monoisotopic (exact) mass is 326 g/mol. The number of rotatable bonds is 1. The third kappa shape index (κ3) is 2.39. The molecule has 2 aromatic carbocycles. The Labute approximate surface area is 127 Å². The summed E-state index contributed by atoms with van der Waals surface area (Å²) >= 11 is 11.8. The van der Waals surface area contributed by atoms with E-state index in [2.05, 4.69) is 10.2 Å². The van der Waals surface area contributed by atoms with Crippen molar-refractivity contribution in [2.24, 2.45) is 0 Å². The lowest BCUT2D eigenvalue weighted by molar-refractivity contribution is 0.511. The number of halogens is 4. The summed E-state index contributed by atoms with van der Waals surface area (Å²) in [5.74, 6) is -2.16. The molecule has 0 aliphatic rings. The van der Waals surface area contributed by atoms with Gasteiger partial charge >= 0.3 is 0 Å². The van der Waals surface area contributed by atoms with E-state index in [1.807, 2.05) is 0 Å². The molecule has 0 bridgehead atoms. The zero-order valence-corrected chi connectivity index (χ0v) is 11.8. The third-order valence-corrected chi connectivity index (χ3v) is 3.76. The number of fused-ring (bicyclic) bond motifs is 1. The third-order valence-electron chi connectivity index (χ3n) is 3.02. The average Bonchev–Trinajstić information content (AvgIpc) is 2.45. The van der Waals surface area contributed by atoms with Crippen LogP contribution in [0.1, 0.15) is 0 Å². The summed E-state index contributed by atoms with van der Waals surface area (Å²) < 4.78 is 26.8. The first kappa shape index (κ1) is 14.0. The number of benzene rings is 2. The van der Waals surface area contributed by atoms with E-state index >= 15 is 0 Å². The lowest BCUT2D eigenvalue weighted by Gasteiger charge is -2.07. The van der Waals surface area contributed by atoms with Crippen LogP contribution >= 0.6 is 23.2 Å². The van der Waals surface area contributed by atoms with Gasteiger partial charge in [-0.3, -0.25) is 4.79 Å². The van der Waals surface area contributed by atoms with Crippen molar-refractivity contribution in [3.8, 4) is 11.3 Å². The Bertz CT molecular complexity index is 925. The van der Waals surface area contributed by atoms with E-state index < -0.39 is 17.2 Å². The maximum Gasteiger partial charge on any atom is 0.272 e. The average molecular weight is 327 g/mol. The molecule has 0 atom stereocenters. The van der Waals surface area contributed by atoms with Gasteiger partial charge in [-0.1, -0.05) is 29.3 Å². The highest BCUT2D eigenvalue weighted by atomic mass is 35.5. The predicted octanol–water partition coefficient (Wildman–Crippen LogP) is 4.18. The van der Waals surface area contributed by atoms with Crippen molar-refractivity contribution >= 4 is 34.0 Å². The summed E-state index contributed by atoms with van der Waals surface area (Å²) in [6.45, 7) is 0. The molecule has 3 aromatic rings. The number of nitrogens with one attached hydrogen (secondary N) is 1. The molecule has 3 nitrogen and oxygen atoms in total. The van der Waals surface area contributed by atoms with E-state index in [1.165, 1.54) is 6.07 Å². The van der Waals surface area contributed by atoms with Gasteiger partial charge in [0.15, 0.2) is 11.6 Å². The largest absolute Gasteiger partial charge is 0.272 e. The quantitative estimate of drug-likeness (QED) is 0.729. The molecule has 0 aliphatic heterocycles. The number of H-pyrrole nitrogens is 1. The zero-order chi connectivity index (χ0) is 15.1. The molecule has 0 saturated heterocycles. The molecular formula is C14H6Cl2F2N2O. The SMILES string of the molecule is O=c1[nH]nc(-c2ccc(Cl)c(Cl)c2)c2cc(F)c(F)cc12. The van der Waals surface area contributed by atoms with E-state index in [9.17, 15) is 13.6 Å². The van der Waals surface area contributed by atoms with Crippen LogP contribution in [0.2, 0.25) is 10.0 Å². The van der Waals surface area contributed by atoms with Gasteiger partial charge in [-0.15, -0.1) is 0 Å². The van der Waals surface area contributed by atoms with E-state index in [0.29, 0.717) is 10.6 Å². The number of nitrogens with zero attached hydrogens (tertiary/aromatic N) is 1. The molecule has 7 heteroatoms. The Hall–Kier alpha value is -1.98. The smallest absolute Gasteiger partial charge is 0.267 e. The van der Waals surface area contributed by atoms with Crippen molar-refractivity contribution < 1.29 is 8.78 Å². The second-order valence-electron chi connectivity index (χ2n) is 4.34. The van der Waals surface area contributed by atoms with Gasteiger partial charge in [-0.05, 0) is 24.3 Å². The zero-order valence-electron chi connectivity index (χ0n) is 10.3. The molecule has 3 rings (SSSR count). The predicted molar refractivity (Wildman–Crippen MR) is 77.7 cm³/mol. The molecule has 0 unspecified atom stereocenters. The van der Waals surface area contributed by atoms with Crippen LogP contribution in [0.5, 0.6) is 0 Å². The first-order valence-electron chi connectivity index (χ1n) is 5.80. The maximum absolute atomic E-state index is 13.5. The van der Waals surface area contributed by atoms with E-state index in [-0.39, 0.29) is 21.5 Å². The highest BCUT2D eigenvalue weighted by molar-refractivity contribution is 6.42. The van der Waals surface area contributed by atoms with Gasteiger partial charge < -0.3 is 0 Å². The van der Waals surface area contributed by atoms with Crippen molar-refractivity contribution in [3.05, 3.63) is 62.4 Å². The van der Waals surface area contributed by atoms with Crippen LogP contribution in [0.3, 0.4) is 0 Å². The van der Waals surface area contributed by atoms with Gasteiger partial charge in [0, 0.05) is 10.9 Å². The Kier molecular flexibility index (Phi) is 3.39. The number of hydrogen-bond acceptors (Lipinski definition) is 2. The molecule has 1 aromatic heterocycles. The second kappa shape index (κ2) is 5.09. The van der Waals surface area contributed by atoms with Gasteiger partial charge in [0.2, 0.25) is 0 Å². The summed E-state index contributed by atoms with van der Waals surface area (Å²) in [6.07, 6.45) is 0. The second-order valence-corrected chi connectivity index (χ2v) is 5.16. The molecule has 1 N–H and O–H groups in total. The van der Waals surface area contributed by atoms with Gasteiger partial charge in [-0.2, -0.15) is 5.10 Å². The number of hydrogen-bond donors (Lipinski definition) is 1. The van der Waals surface area contributed by atoms with Crippen LogP contribution < -0.4 is 5.56 Å². The molecule has 0 saturated carbocycles. The fourth-order valence-corrected chi connectivity index (χ4v) is 2.32. The highest BCUT2D eigenvalue weighted by Crippen LogP contribution is 2.31. The molecule has 106 valence electrons. The Morgan fingerprint density at radius 2 is 1.62 bits per heavy atom. The van der Waals surface area contributed by atoms with Crippen LogP contribution in [0, 0.1) is 11.6 Å². The maximum atomic E-state index is 13.5. The molecule has 1 heterocycles. The summed E-state index contributed by atoms with van der Waals surface area (Å²) in [5, 5.41) is 6.98. The fraction of sp³-hybridized carbons (Fsp3) is 0. The number of aromatic nitrogens is 2. The fourth-order valence-electron chi connectivity index (χ4n) is 2.02. The van der Waals surface area contributed by atoms with Crippen molar-refractivity contribution in [1.29, 1.82) is 0 Å². The first-order chi connectivity index (χ1) is 9.97. The van der Waals surface area contributed by atoms with Crippen molar-refractivity contribution in [1.82, 2.24) is 10.2 Å². The summed E-state index contributed by atoms with van der Waals surface area (Å²) in [4.78, 5) is 11.7. The molecule has 0 radical (unpaired) electrons. The summed E-state index contributed by atoms with van der Waals surface area (Å²) in [7, 11) is 0. The van der Waals surface area contributed by atoms with Crippen LogP contribution in [0.25, 0.3) is 22.0 Å². The van der Waals surface area contributed by atoms with Gasteiger partial charge in [0.1, 0.15) is 0 Å². The van der Waals surface area contributed by atoms with Crippen molar-refractivity contribution in [2.45, 2.75) is 0 Å². The highest BCUT2D eigenvalue weighted by Gasteiger charge is 2.13. The van der Waals surface area contributed by atoms with Gasteiger partial charge in [-0.25, -0.2) is 13.9 Å². The Morgan fingerprint density at radius 3 is 2.29 bits per heavy atom. The molecule has 0 amide bonds. The standard InChI is InChI=1S/C14H6Cl2F2N2O/c15-9-2-1-6(3-10(9)16)13-7-4-11(17)12(18)5-8(7)14(21)20-19-13/h1-5H,(H,20,21). The normalized spacial score (nSPS) is 11.0. The van der Waals surface area contributed by atoms with E-state index in [1.54, 1.807) is 12.1 Å². The van der Waals surface area contributed by atoms with Gasteiger partial charge in [0.25, 0.3) is 5.56 Å². The van der Waals surface area contributed by atoms with Crippen LogP contribution in [0.15, 0.2) is 35.1 Å². The molecular weight excluding hydrogens is 321 g/mol. The summed E-state index contributed by atoms with van der Waals surface area (Å²) in [6, 6.07) is 6.48. The molecule has 21 heavy (non-hydrogen) atoms. The topological polar surface area (TPSA) is 45.8 Å². The lowest BCUT2D eigenvalue weighted by Crippen LogP contribution is -2.10. The van der Waals surface area contributed by atoms with Crippen molar-refractivity contribution in [3.63, 3.8) is 0 Å². The molecule has 0 fully saturated rings. The minimum Gasteiger partial charge on any atom is -0.267 e. The Balaban J connectivity index is 2.37. The summed E-state index contributed by atoms with van der Waals surface area (Å²) in [5.41, 5.74) is 0.200. The van der Waals surface area contributed by atoms with Crippen LogP contribution in [0.4, 0.5) is 8.78 Å². The van der Waals surface area contributed by atoms with Crippen molar-refractivity contribution in [2.75, 3.05) is 0 Å². The van der Waals surface area contributed by atoms with E-state index in [4.69, 9.17) is 23.2 Å². The van der Waals surface area contributed by atoms with Gasteiger partial charge in [0.05, 0.1) is 21.1 Å². The minimum atomic E-state index is -1.10. The first-order valence-corrected chi connectivity index (χ1v) is 6.56. The molecule has 0 aliphatic carbocycles. The lowest BCUT2D eigenvalue weighted by atomic mass is 10.0. The van der Waals surface area contributed by atoms with Crippen LogP contribution in [-0.4, -0.2) is 10.2 Å². The Morgan fingerprint density at radius 1 is 0.952 bits per heavy atom. The molecule has 0 spiro atoms. The van der Waals surface area contributed by atoms with Crippen LogP contribution in [-0.2, 0) is 0 Å². The minimum absolute atomic E-state index is 0.00460. The van der Waals surface area contributed by atoms with E-state index in [0.717, 1.165) is 12.1 Å². The number of aromatic amines is 1.